The number of benzene rings is 1. The molecule has 1 aliphatic rings. The summed E-state index contributed by atoms with van der Waals surface area (Å²) in [5.74, 6) is 0.800. The minimum atomic E-state index is 0.526. The predicted molar refractivity (Wildman–Crippen MR) is 81.4 cm³/mol. The van der Waals surface area contributed by atoms with Gasteiger partial charge in [-0.15, -0.1) is 0 Å². The van der Waals surface area contributed by atoms with E-state index in [0.29, 0.717) is 10.0 Å². The summed E-state index contributed by atoms with van der Waals surface area (Å²) in [6.45, 7) is 1.78. The molecule has 2 rings (SSSR count). The van der Waals surface area contributed by atoms with Crippen molar-refractivity contribution in [1.29, 1.82) is 0 Å². The van der Waals surface area contributed by atoms with E-state index in [9.17, 15) is 0 Å². The van der Waals surface area contributed by atoms with Crippen LogP contribution in [-0.4, -0.2) is 37.3 Å². The lowest BCUT2D eigenvalue weighted by Crippen LogP contribution is -2.35. The second-order valence-corrected chi connectivity index (χ2v) is 5.10. The zero-order valence-electron chi connectivity index (χ0n) is 10.7. The normalized spacial score (nSPS) is 15.8. The monoisotopic (exact) mass is 298 g/mol. The van der Waals surface area contributed by atoms with Crippen LogP contribution in [0.4, 0.5) is 0 Å². The highest BCUT2D eigenvalue weighted by Crippen LogP contribution is 2.21. The molecule has 19 heavy (non-hydrogen) atoms. The Balaban J connectivity index is 2.04. The van der Waals surface area contributed by atoms with Gasteiger partial charge in [0.2, 0.25) is 5.96 Å². The molecule has 0 aliphatic carbocycles. The number of hydrogen-bond donors (Lipinski definition) is 1. The Kier molecular flexibility index (Phi) is 5.05. The molecule has 0 spiro atoms. The van der Waals surface area contributed by atoms with Gasteiger partial charge in [-0.1, -0.05) is 29.3 Å². The van der Waals surface area contributed by atoms with Gasteiger partial charge >= 0.3 is 0 Å². The van der Waals surface area contributed by atoms with Gasteiger partial charge in [0.15, 0.2) is 0 Å². The molecule has 0 aromatic heterocycles. The molecular weight excluding hydrogens is 283 g/mol. The molecule has 0 radical (unpaired) electrons. The first-order valence-corrected chi connectivity index (χ1v) is 6.93. The van der Waals surface area contributed by atoms with Crippen molar-refractivity contribution in [2.45, 2.75) is 12.8 Å². The average molecular weight is 299 g/mol. The number of rotatable bonds is 2. The summed E-state index contributed by atoms with van der Waals surface area (Å²) >= 11 is 11.8. The van der Waals surface area contributed by atoms with Gasteiger partial charge in [-0.3, -0.25) is 4.99 Å². The highest BCUT2D eigenvalue weighted by Gasteiger charge is 2.06. The van der Waals surface area contributed by atoms with Crippen LogP contribution in [0.1, 0.15) is 18.4 Å². The van der Waals surface area contributed by atoms with E-state index in [1.54, 1.807) is 23.4 Å². The molecule has 0 unspecified atom stereocenters. The summed E-state index contributed by atoms with van der Waals surface area (Å²) in [6, 6.07) is 5.41. The lowest BCUT2D eigenvalue weighted by Gasteiger charge is -2.15. The molecule has 0 bridgehead atoms. The van der Waals surface area contributed by atoms with E-state index >= 15 is 0 Å². The molecule has 0 saturated carbocycles. The third-order valence-corrected chi connectivity index (χ3v) is 3.50. The largest absolute Gasteiger partial charge is 0.355 e. The van der Waals surface area contributed by atoms with Gasteiger partial charge in [-0.25, -0.2) is 5.01 Å². The fraction of sp³-hybridized carbons (Fsp3) is 0.385. The minimum Gasteiger partial charge on any atom is -0.355 e. The highest BCUT2D eigenvalue weighted by molar-refractivity contribution is 6.42. The summed E-state index contributed by atoms with van der Waals surface area (Å²) in [5.41, 5.74) is 0.899. The first-order chi connectivity index (χ1) is 9.16. The van der Waals surface area contributed by atoms with Crippen molar-refractivity contribution in [2.75, 3.05) is 20.1 Å². The topological polar surface area (TPSA) is 40.0 Å². The molecule has 6 heteroatoms. The van der Waals surface area contributed by atoms with E-state index in [-0.39, 0.29) is 0 Å². The van der Waals surface area contributed by atoms with Crippen molar-refractivity contribution in [3.05, 3.63) is 33.8 Å². The van der Waals surface area contributed by atoms with Crippen LogP contribution in [0.2, 0.25) is 10.0 Å². The van der Waals surface area contributed by atoms with Gasteiger partial charge in [-0.05, 0) is 30.5 Å². The van der Waals surface area contributed by atoms with Crippen LogP contribution in [0.3, 0.4) is 0 Å². The Labute approximate surface area is 123 Å². The third kappa shape index (κ3) is 4.11. The summed E-state index contributed by atoms with van der Waals surface area (Å²) in [6.07, 6.45) is 3.98. The molecule has 4 nitrogen and oxygen atoms in total. The smallest absolute Gasteiger partial charge is 0.214 e. The number of hydrogen-bond acceptors (Lipinski definition) is 4. The molecule has 1 heterocycles. The molecule has 1 aromatic carbocycles. The fourth-order valence-electron chi connectivity index (χ4n) is 1.70. The molecule has 0 saturated heterocycles. The Morgan fingerprint density at radius 2 is 2.16 bits per heavy atom. The molecule has 0 amide bonds. The summed E-state index contributed by atoms with van der Waals surface area (Å²) in [5, 5.41) is 10.4. The van der Waals surface area contributed by atoms with Crippen molar-refractivity contribution in [3.8, 4) is 0 Å². The van der Waals surface area contributed by atoms with E-state index in [4.69, 9.17) is 23.2 Å². The van der Waals surface area contributed by atoms with Crippen LogP contribution in [0.5, 0.6) is 0 Å². The van der Waals surface area contributed by atoms with Gasteiger partial charge in [0, 0.05) is 20.1 Å². The standard InChI is InChI=1S/C13H16Cl2N4/c1-19(13-16-6-2-3-7-17-13)18-9-10-4-5-11(14)12(15)8-10/h4-5,8-9H,2-3,6-7H2,1H3,(H,16,17)/b18-9-. The number of guanidine groups is 1. The van der Waals surface area contributed by atoms with Gasteiger partial charge < -0.3 is 5.32 Å². The van der Waals surface area contributed by atoms with Crippen LogP contribution in [0, 0.1) is 0 Å². The van der Waals surface area contributed by atoms with Gasteiger partial charge in [0.25, 0.3) is 0 Å². The minimum absolute atomic E-state index is 0.526. The van der Waals surface area contributed by atoms with Crippen molar-refractivity contribution in [2.24, 2.45) is 10.1 Å². The van der Waals surface area contributed by atoms with E-state index in [1.165, 1.54) is 0 Å². The Hall–Kier alpha value is -1.26. The van der Waals surface area contributed by atoms with Gasteiger partial charge in [0.05, 0.1) is 16.3 Å². The lowest BCUT2D eigenvalue weighted by molar-refractivity contribution is 0.521. The molecule has 1 N–H and O–H groups in total. The first-order valence-electron chi connectivity index (χ1n) is 6.18. The summed E-state index contributed by atoms with van der Waals surface area (Å²) < 4.78 is 0. The number of nitrogens with one attached hydrogen (secondary N) is 1. The number of halogens is 2. The SMILES string of the molecule is CN(/N=C\c1ccc(Cl)c(Cl)c1)C1=NCCCCN1. The van der Waals surface area contributed by atoms with Crippen molar-refractivity contribution < 1.29 is 0 Å². The zero-order valence-corrected chi connectivity index (χ0v) is 12.2. The van der Waals surface area contributed by atoms with Gasteiger partial charge in [-0.2, -0.15) is 5.10 Å². The number of hydrazone groups is 1. The molecule has 102 valence electrons. The van der Waals surface area contributed by atoms with Crippen LogP contribution in [0.15, 0.2) is 28.3 Å². The van der Waals surface area contributed by atoms with Crippen molar-refractivity contribution in [1.82, 2.24) is 10.3 Å². The quantitative estimate of drug-likeness (QED) is 0.673. The Morgan fingerprint density at radius 1 is 1.32 bits per heavy atom. The first kappa shape index (κ1) is 14.2. The van der Waals surface area contributed by atoms with E-state index in [1.807, 2.05) is 13.1 Å². The van der Waals surface area contributed by atoms with Crippen LogP contribution >= 0.6 is 23.2 Å². The molecule has 1 aliphatic heterocycles. The Morgan fingerprint density at radius 3 is 2.95 bits per heavy atom. The molecule has 0 fully saturated rings. The number of nitrogens with zero attached hydrogens (tertiary/aromatic N) is 3. The van der Waals surface area contributed by atoms with Crippen LogP contribution in [-0.2, 0) is 0 Å². The zero-order chi connectivity index (χ0) is 13.7. The Bertz CT molecular complexity index is 499. The van der Waals surface area contributed by atoms with E-state index in [2.05, 4.69) is 15.4 Å². The summed E-state index contributed by atoms with van der Waals surface area (Å²) in [4.78, 5) is 4.44. The second-order valence-electron chi connectivity index (χ2n) is 4.28. The van der Waals surface area contributed by atoms with Gasteiger partial charge in [0.1, 0.15) is 0 Å². The van der Waals surface area contributed by atoms with Crippen LogP contribution < -0.4 is 5.32 Å². The van der Waals surface area contributed by atoms with E-state index < -0.39 is 0 Å². The van der Waals surface area contributed by atoms with Crippen molar-refractivity contribution in [3.63, 3.8) is 0 Å². The third-order valence-electron chi connectivity index (χ3n) is 2.76. The number of aliphatic imine (C=N–C) groups is 1. The maximum Gasteiger partial charge on any atom is 0.214 e. The molecule has 1 aromatic rings. The predicted octanol–water partition coefficient (Wildman–Crippen LogP) is 3.00. The van der Waals surface area contributed by atoms with Crippen molar-refractivity contribution >= 4 is 35.4 Å². The second kappa shape index (κ2) is 6.78. The highest BCUT2D eigenvalue weighted by atomic mass is 35.5. The average Bonchev–Trinajstić information content (AvgIpc) is 2.69. The van der Waals surface area contributed by atoms with Crippen LogP contribution in [0.25, 0.3) is 0 Å². The maximum atomic E-state index is 5.96. The maximum absolute atomic E-state index is 5.96. The van der Waals surface area contributed by atoms with E-state index in [0.717, 1.165) is 37.5 Å². The molecule has 0 atom stereocenters. The summed E-state index contributed by atoms with van der Waals surface area (Å²) in [7, 11) is 1.87. The fourth-order valence-corrected chi connectivity index (χ4v) is 2.00. The lowest BCUT2D eigenvalue weighted by atomic mass is 10.2. The molecular formula is C13H16Cl2N4.